The van der Waals surface area contributed by atoms with Crippen molar-refractivity contribution in [1.82, 2.24) is 0 Å². The molecule has 9 nitrogen and oxygen atoms in total. The fraction of sp³-hybridized carbons (Fsp3) is 0.273. The van der Waals surface area contributed by atoms with Crippen molar-refractivity contribution in [3.05, 3.63) is 59.7 Å². The summed E-state index contributed by atoms with van der Waals surface area (Å²) in [4.78, 5) is 39.3. The molecule has 1 saturated heterocycles. The number of nitrogens with zero attached hydrogens (tertiary/aromatic N) is 1. The molecule has 0 aliphatic carbocycles. The Bertz CT molecular complexity index is 1040. The molecule has 32 heavy (non-hydrogen) atoms. The quantitative estimate of drug-likeness (QED) is 0.313. The van der Waals surface area contributed by atoms with Crippen LogP contribution in [0, 0.1) is 12.3 Å². The smallest absolute Gasteiger partial charge is 0.306 e. The molecule has 0 bridgehead atoms. The SMILES string of the molecule is Cc1ccc(N2CCSC(C(O)(CC(=O)O)C(=O)Nc3ccc(C(=N)N)cc3)C2=O)cc1. The molecule has 0 radical (unpaired) electrons. The summed E-state index contributed by atoms with van der Waals surface area (Å²) < 4.78 is 0. The van der Waals surface area contributed by atoms with Crippen LogP contribution in [0.1, 0.15) is 17.5 Å². The Morgan fingerprint density at radius 1 is 1.22 bits per heavy atom. The molecule has 2 unspecified atom stereocenters. The van der Waals surface area contributed by atoms with E-state index in [-0.39, 0.29) is 11.5 Å². The summed E-state index contributed by atoms with van der Waals surface area (Å²) in [6, 6.07) is 13.2. The highest BCUT2D eigenvalue weighted by Gasteiger charge is 2.52. The van der Waals surface area contributed by atoms with Crippen LogP contribution < -0.4 is 16.0 Å². The van der Waals surface area contributed by atoms with Gasteiger partial charge in [0.15, 0.2) is 5.60 Å². The van der Waals surface area contributed by atoms with Crippen LogP contribution in [-0.2, 0) is 14.4 Å². The minimum Gasteiger partial charge on any atom is -0.481 e. The molecule has 1 heterocycles. The number of nitrogens with two attached hydrogens (primary N) is 1. The first kappa shape index (κ1) is 23.3. The maximum absolute atomic E-state index is 13.3. The fourth-order valence-electron chi connectivity index (χ4n) is 3.40. The molecule has 168 valence electrons. The predicted molar refractivity (Wildman–Crippen MR) is 123 cm³/mol. The molecule has 10 heteroatoms. The average molecular weight is 457 g/mol. The summed E-state index contributed by atoms with van der Waals surface area (Å²) in [5.41, 5.74) is 5.28. The van der Waals surface area contributed by atoms with Crippen LogP contribution in [0.5, 0.6) is 0 Å². The van der Waals surface area contributed by atoms with Crippen LogP contribution in [-0.4, -0.2) is 57.0 Å². The van der Waals surface area contributed by atoms with Crippen LogP contribution in [0.4, 0.5) is 11.4 Å². The van der Waals surface area contributed by atoms with Gasteiger partial charge in [-0.3, -0.25) is 19.8 Å². The number of aliphatic carboxylic acids is 1. The largest absolute Gasteiger partial charge is 0.481 e. The van der Waals surface area contributed by atoms with Crippen molar-refractivity contribution >= 4 is 46.8 Å². The molecule has 2 aromatic carbocycles. The number of aliphatic hydroxyl groups is 1. The van der Waals surface area contributed by atoms with E-state index in [1.54, 1.807) is 12.1 Å². The van der Waals surface area contributed by atoms with Gasteiger partial charge in [-0.05, 0) is 43.3 Å². The molecule has 3 rings (SSSR count). The van der Waals surface area contributed by atoms with Crippen LogP contribution in [0.2, 0.25) is 0 Å². The zero-order valence-electron chi connectivity index (χ0n) is 17.4. The maximum atomic E-state index is 13.3. The second kappa shape index (κ2) is 9.41. The number of hydrogen-bond acceptors (Lipinski definition) is 6. The van der Waals surface area contributed by atoms with Gasteiger partial charge in [0.2, 0.25) is 5.91 Å². The lowest BCUT2D eigenvalue weighted by Gasteiger charge is -2.39. The first-order valence-electron chi connectivity index (χ1n) is 9.81. The van der Waals surface area contributed by atoms with Gasteiger partial charge in [0.1, 0.15) is 11.1 Å². The zero-order chi connectivity index (χ0) is 23.5. The standard InChI is InChI=1S/C22H24N4O5S/c1-13-2-8-16(9-3-13)26-10-11-32-18(20(26)29)22(31,12-17(27)28)21(30)25-15-6-4-14(5-7-15)19(23)24/h2-9,18,31H,10-12H2,1H3,(H3,23,24)(H,25,30)(H,27,28). The van der Waals surface area contributed by atoms with Gasteiger partial charge in [-0.2, -0.15) is 0 Å². The number of benzene rings is 2. The highest BCUT2D eigenvalue weighted by atomic mass is 32.2. The molecular formula is C22H24N4O5S. The first-order chi connectivity index (χ1) is 15.1. The third kappa shape index (κ3) is 4.92. The number of carbonyl (C=O) groups is 3. The third-order valence-corrected chi connectivity index (χ3v) is 6.48. The van der Waals surface area contributed by atoms with E-state index in [4.69, 9.17) is 11.1 Å². The van der Waals surface area contributed by atoms with Crippen molar-refractivity contribution < 1.29 is 24.6 Å². The van der Waals surface area contributed by atoms with E-state index in [2.05, 4.69) is 5.32 Å². The summed E-state index contributed by atoms with van der Waals surface area (Å²) in [5, 5.41) is 29.2. The number of nitrogens with one attached hydrogen (secondary N) is 2. The molecule has 6 N–H and O–H groups in total. The monoisotopic (exact) mass is 456 g/mol. The lowest BCUT2D eigenvalue weighted by molar-refractivity contribution is -0.151. The highest BCUT2D eigenvalue weighted by molar-refractivity contribution is 8.00. The molecule has 0 saturated carbocycles. The van der Waals surface area contributed by atoms with E-state index >= 15 is 0 Å². The second-order valence-corrected chi connectivity index (χ2v) is 8.73. The molecule has 2 aromatic rings. The van der Waals surface area contributed by atoms with Gasteiger partial charge in [0, 0.05) is 29.2 Å². The molecule has 0 aromatic heterocycles. The Kier molecular flexibility index (Phi) is 6.85. The van der Waals surface area contributed by atoms with Crippen molar-refractivity contribution in [3.8, 4) is 0 Å². The molecule has 2 atom stereocenters. The fourth-order valence-corrected chi connectivity index (χ4v) is 4.66. The number of hydrogen-bond donors (Lipinski definition) is 5. The average Bonchev–Trinajstić information content (AvgIpc) is 2.74. The van der Waals surface area contributed by atoms with E-state index in [0.29, 0.717) is 23.5 Å². The molecule has 1 aliphatic heterocycles. The summed E-state index contributed by atoms with van der Waals surface area (Å²) in [6.45, 7) is 2.29. The van der Waals surface area contributed by atoms with E-state index < -0.39 is 35.1 Å². The van der Waals surface area contributed by atoms with Crippen molar-refractivity contribution in [2.45, 2.75) is 24.2 Å². The van der Waals surface area contributed by atoms with Gasteiger partial charge in [-0.15, -0.1) is 11.8 Å². The van der Waals surface area contributed by atoms with Crippen LogP contribution in [0.25, 0.3) is 0 Å². The maximum Gasteiger partial charge on any atom is 0.306 e. The summed E-state index contributed by atoms with van der Waals surface area (Å²) in [7, 11) is 0. The number of carboxylic acids is 1. The minimum absolute atomic E-state index is 0.148. The van der Waals surface area contributed by atoms with E-state index in [0.717, 1.165) is 17.3 Å². The molecule has 2 amide bonds. The number of amides is 2. The number of amidine groups is 1. The van der Waals surface area contributed by atoms with Gasteiger partial charge < -0.3 is 26.2 Å². The number of carboxylic acid groups (broad SMARTS) is 1. The Morgan fingerprint density at radius 3 is 2.41 bits per heavy atom. The highest BCUT2D eigenvalue weighted by Crippen LogP contribution is 2.35. The number of thioether (sulfide) groups is 1. The topological polar surface area (TPSA) is 157 Å². The number of carbonyl (C=O) groups excluding carboxylic acids is 2. The van der Waals surface area contributed by atoms with E-state index in [1.807, 2.05) is 19.1 Å². The van der Waals surface area contributed by atoms with Crippen LogP contribution in [0.3, 0.4) is 0 Å². The number of anilines is 2. The van der Waals surface area contributed by atoms with Crippen molar-refractivity contribution in [2.24, 2.45) is 5.73 Å². The number of nitrogen functional groups attached to an aromatic ring is 1. The Morgan fingerprint density at radius 2 is 1.84 bits per heavy atom. The number of aryl methyl sites for hydroxylation is 1. The Hall–Kier alpha value is -3.37. The summed E-state index contributed by atoms with van der Waals surface area (Å²) >= 11 is 1.06. The third-order valence-electron chi connectivity index (χ3n) is 5.14. The predicted octanol–water partition coefficient (Wildman–Crippen LogP) is 1.57. The Balaban J connectivity index is 1.88. The van der Waals surface area contributed by atoms with Gasteiger partial charge in [-0.1, -0.05) is 17.7 Å². The lowest BCUT2D eigenvalue weighted by Crippen LogP contribution is -2.60. The van der Waals surface area contributed by atoms with Crippen LogP contribution >= 0.6 is 11.8 Å². The molecule has 1 fully saturated rings. The van der Waals surface area contributed by atoms with Crippen LogP contribution in [0.15, 0.2) is 48.5 Å². The summed E-state index contributed by atoms with van der Waals surface area (Å²) in [5.74, 6) is -2.66. The lowest BCUT2D eigenvalue weighted by atomic mass is 9.92. The zero-order valence-corrected chi connectivity index (χ0v) is 18.2. The van der Waals surface area contributed by atoms with E-state index in [9.17, 15) is 24.6 Å². The normalized spacial score (nSPS) is 18.0. The van der Waals surface area contributed by atoms with Gasteiger partial charge in [0.25, 0.3) is 5.91 Å². The van der Waals surface area contributed by atoms with Crippen molar-refractivity contribution in [1.29, 1.82) is 5.41 Å². The minimum atomic E-state index is -2.48. The Labute approximate surface area is 189 Å². The summed E-state index contributed by atoms with van der Waals surface area (Å²) in [6.07, 6.45) is -0.935. The molecule has 0 spiro atoms. The first-order valence-corrected chi connectivity index (χ1v) is 10.9. The van der Waals surface area contributed by atoms with Crippen molar-refractivity contribution in [3.63, 3.8) is 0 Å². The van der Waals surface area contributed by atoms with E-state index in [1.165, 1.54) is 29.2 Å². The van der Waals surface area contributed by atoms with Gasteiger partial charge in [-0.25, -0.2) is 0 Å². The van der Waals surface area contributed by atoms with Gasteiger partial charge in [0.05, 0.1) is 6.42 Å². The molecule has 1 aliphatic rings. The molecular weight excluding hydrogens is 432 g/mol. The van der Waals surface area contributed by atoms with Crippen molar-refractivity contribution in [2.75, 3.05) is 22.5 Å². The second-order valence-electron chi connectivity index (χ2n) is 7.52. The van der Waals surface area contributed by atoms with Gasteiger partial charge >= 0.3 is 5.97 Å². The number of rotatable bonds is 7.